The van der Waals surface area contributed by atoms with Crippen molar-refractivity contribution in [3.63, 3.8) is 0 Å². The van der Waals surface area contributed by atoms with Gasteiger partial charge in [0.15, 0.2) is 0 Å². The first-order valence-corrected chi connectivity index (χ1v) is 12.8. The number of fused-ring (bicyclic) bond motifs is 1. The molecule has 0 amide bonds. The number of benzene rings is 2. The topological polar surface area (TPSA) is 69.1 Å². The number of nitrogens with one attached hydrogen (secondary N) is 1. The van der Waals surface area contributed by atoms with Crippen LogP contribution in [0.1, 0.15) is 33.3 Å². The number of H-pyrrole nitrogens is 1. The number of hydrogen-bond donors (Lipinski definition) is 1. The minimum absolute atomic E-state index is 0.0332. The fourth-order valence-electron chi connectivity index (χ4n) is 3.52. The smallest absolute Gasteiger partial charge is 0.399 e. The first-order valence-electron chi connectivity index (χ1n) is 10.9. The molecule has 0 bridgehead atoms. The highest BCUT2D eigenvalue weighted by Gasteiger charge is 2.51. The normalized spacial score (nSPS) is 16.4. The number of hydrogen-bond acceptors (Lipinski definition) is 4. The number of aromatic amines is 1. The van der Waals surface area contributed by atoms with Crippen LogP contribution in [-0.2, 0) is 15.9 Å². The Hall–Kier alpha value is -1.95. The lowest BCUT2D eigenvalue weighted by atomic mass is 9.80. The van der Waals surface area contributed by atoms with Gasteiger partial charge in [-0.05, 0) is 95.4 Å². The minimum atomic E-state index is -0.456. The zero-order valence-electron chi connectivity index (χ0n) is 19.5. The zero-order valence-corrected chi connectivity index (χ0v) is 23.3. The predicted octanol–water partition coefficient (Wildman–Crippen LogP) is 5.13. The van der Waals surface area contributed by atoms with Crippen molar-refractivity contribution in [2.75, 3.05) is 0 Å². The van der Waals surface area contributed by atoms with Gasteiger partial charge in [-0.15, -0.1) is 0 Å². The molecular weight excluding hydrogens is 608 g/mol. The molecule has 0 aliphatic carbocycles. The van der Waals surface area contributed by atoms with Crippen molar-refractivity contribution in [1.29, 1.82) is 0 Å². The lowest BCUT2D eigenvalue weighted by molar-refractivity contribution is 0.00578. The summed E-state index contributed by atoms with van der Waals surface area (Å²) < 4.78 is 16.0. The molecule has 1 saturated heterocycles. The molecule has 2 aromatic carbocycles. The maximum absolute atomic E-state index is 12.1. The van der Waals surface area contributed by atoms with Gasteiger partial charge in [-0.25, -0.2) is 0 Å². The second-order valence-electron chi connectivity index (χ2n) is 9.20. The highest BCUT2D eigenvalue weighted by molar-refractivity contribution is 14.1. The van der Waals surface area contributed by atoms with Gasteiger partial charge < -0.3 is 13.9 Å². The highest BCUT2D eigenvalue weighted by Crippen LogP contribution is 2.36. The fraction of sp³-hybridized carbons (Fsp3) is 0.280. The third-order valence-corrected chi connectivity index (χ3v) is 7.47. The molecule has 5 rings (SSSR count). The lowest BCUT2D eigenvalue weighted by Crippen LogP contribution is -2.41. The quantitative estimate of drug-likeness (QED) is 0.251. The van der Waals surface area contributed by atoms with E-state index < -0.39 is 18.3 Å². The van der Waals surface area contributed by atoms with E-state index in [0.717, 1.165) is 26.5 Å². The van der Waals surface area contributed by atoms with E-state index in [-0.39, 0.29) is 5.56 Å². The second kappa shape index (κ2) is 9.97. The molecule has 2 aromatic heterocycles. The molecule has 176 valence electrons. The van der Waals surface area contributed by atoms with Crippen LogP contribution in [0.4, 0.5) is 0 Å². The van der Waals surface area contributed by atoms with E-state index in [1.54, 1.807) is 16.7 Å². The molecule has 1 aliphatic heterocycles. The summed E-state index contributed by atoms with van der Waals surface area (Å²) in [4.78, 5) is 12.1. The summed E-state index contributed by atoms with van der Waals surface area (Å²) in [7, 11) is -0.456. The van der Waals surface area contributed by atoms with Crippen LogP contribution in [0.2, 0.25) is 0 Å². The van der Waals surface area contributed by atoms with Crippen molar-refractivity contribution in [2.24, 2.45) is 0 Å². The molecule has 1 aliphatic rings. The third kappa shape index (κ3) is 5.48. The van der Waals surface area contributed by atoms with E-state index in [9.17, 15) is 4.79 Å². The minimum Gasteiger partial charge on any atom is -0.399 e. The Bertz CT molecular complexity index is 1340. The molecule has 0 unspecified atom stereocenters. The average Bonchev–Trinajstić information content (AvgIpc) is 3.25. The third-order valence-electron chi connectivity index (χ3n) is 6.20. The molecule has 1 fully saturated rings. The van der Waals surface area contributed by atoms with E-state index in [4.69, 9.17) is 9.31 Å². The zero-order chi connectivity index (χ0) is 24.5. The molecule has 9 heteroatoms. The number of halogens is 2. The van der Waals surface area contributed by atoms with E-state index >= 15 is 0 Å². The van der Waals surface area contributed by atoms with Crippen LogP contribution in [0.3, 0.4) is 0 Å². The number of rotatable bonds is 3. The van der Waals surface area contributed by atoms with Gasteiger partial charge in [0.25, 0.3) is 5.56 Å². The summed E-state index contributed by atoms with van der Waals surface area (Å²) in [6, 6.07) is 19.4. The summed E-state index contributed by atoms with van der Waals surface area (Å²) >= 11 is 5.64. The maximum atomic E-state index is 12.1. The van der Waals surface area contributed by atoms with Crippen LogP contribution in [0.5, 0.6) is 0 Å². The van der Waals surface area contributed by atoms with Crippen molar-refractivity contribution in [1.82, 2.24) is 14.8 Å². The van der Waals surface area contributed by atoms with Gasteiger partial charge in [-0.2, -0.15) is 5.10 Å². The van der Waals surface area contributed by atoms with Gasteiger partial charge in [-0.3, -0.25) is 9.89 Å². The molecule has 6 nitrogen and oxygen atoms in total. The standard InChI is InChI=1S/C18H22BNO3.C7H4BrIN2/c1-17(2)18(3,4)23-19(22-17)15-10-11-16(21)20(13-15)12-14-8-6-5-7-9-14;8-7-5-2-1-4(9)3-6(5)10-11-7/h5-11,13H,12H2,1-4H3;1-3H,(H,10,11). The van der Waals surface area contributed by atoms with E-state index in [1.807, 2.05) is 76.4 Å². The summed E-state index contributed by atoms with van der Waals surface area (Å²) in [6.07, 6.45) is 1.83. The van der Waals surface area contributed by atoms with Crippen LogP contribution in [0.15, 0.2) is 76.3 Å². The first-order chi connectivity index (χ1) is 16.1. The number of aromatic nitrogens is 3. The predicted molar refractivity (Wildman–Crippen MR) is 148 cm³/mol. The summed E-state index contributed by atoms with van der Waals surface area (Å²) in [5.41, 5.74) is 2.13. The highest BCUT2D eigenvalue weighted by atomic mass is 127. The van der Waals surface area contributed by atoms with Crippen LogP contribution < -0.4 is 11.0 Å². The molecular formula is C25H26BBrIN3O3. The number of pyridine rings is 1. The molecule has 1 N–H and O–H groups in total. The van der Waals surface area contributed by atoms with Crippen LogP contribution in [-0.4, -0.2) is 33.1 Å². The largest absolute Gasteiger partial charge is 0.496 e. The Morgan fingerprint density at radius 2 is 1.71 bits per heavy atom. The van der Waals surface area contributed by atoms with Crippen molar-refractivity contribution < 1.29 is 9.31 Å². The van der Waals surface area contributed by atoms with Gasteiger partial charge in [0.05, 0.1) is 23.3 Å². The summed E-state index contributed by atoms with van der Waals surface area (Å²) in [6.45, 7) is 8.62. The fourth-order valence-corrected chi connectivity index (χ4v) is 4.42. The summed E-state index contributed by atoms with van der Waals surface area (Å²) in [5.74, 6) is 0. The Kier molecular flexibility index (Phi) is 7.37. The molecule has 0 atom stereocenters. The van der Waals surface area contributed by atoms with Crippen molar-refractivity contribution in [2.45, 2.75) is 45.4 Å². The average molecular weight is 634 g/mol. The van der Waals surface area contributed by atoms with Crippen LogP contribution >= 0.6 is 38.5 Å². The molecule has 34 heavy (non-hydrogen) atoms. The van der Waals surface area contributed by atoms with Gasteiger partial charge >= 0.3 is 7.12 Å². The SMILES string of the molecule is Brc1[nH]nc2cc(I)ccc12.CC1(C)OB(c2ccc(=O)n(Cc3ccccc3)c2)OC1(C)C. The first kappa shape index (κ1) is 25.2. The Labute approximate surface area is 221 Å². The molecule has 0 spiro atoms. The van der Waals surface area contributed by atoms with Crippen LogP contribution in [0.25, 0.3) is 10.9 Å². The monoisotopic (exact) mass is 633 g/mol. The van der Waals surface area contributed by atoms with Crippen molar-refractivity contribution in [3.8, 4) is 0 Å². The van der Waals surface area contributed by atoms with E-state index in [0.29, 0.717) is 6.54 Å². The molecule has 4 aromatic rings. The van der Waals surface area contributed by atoms with Crippen LogP contribution in [0, 0.1) is 3.57 Å². The Morgan fingerprint density at radius 3 is 2.38 bits per heavy atom. The van der Waals surface area contributed by atoms with Crippen molar-refractivity contribution in [3.05, 3.63) is 91.0 Å². The second-order valence-corrected chi connectivity index (χ2v) is 11.2. The lowest BCUT2D eigenvalue weighted by Gasteiger charge is -2.32. The summed E-state index contributed by atoms with van der Waals surface area (Å²) in [5, 5.41) is 8.10. The van der Waals surface area contributed by atoms with E-state index in [1.165, 1.54) is 3.57 Å². The Morgan fingerprint density at radius 1 is 1.03 bits per heavy atom. The van der Waals surface area contributed by atoms with E-state index in [2.05, 4.69) is 54.8 Å². The van der Waals surface area contributed by atoms with Gasteiger partial charge in [0, 0.05) is 21.2 Å². The maximum Gasteiger partial charge on any atom is 0.496 e. The van der Waals surface area contributed by atoms with Crippen molar-refractivity contribution >= 4 is 62.0 Å². The number of nitrogens with zero attached hydrogens (tertiary/aromatic N) is 2. The van der Waals surface area contributed by atoms with Gasteiger partial charge in [-0.1, -0.05) is 36.4 Å². The molecule has 0 saturated carbocycles. The van der Waals surface area contributed by atoms with Gasteiger partial charge in [0.2, 0.25) is 0 Å². The molecule has 3 heterocycles. The van der Waals surface area contributed by atoms with Gasteiger partial charge in [0.1, 0.15) is 4.60 Å². The molecule has 0 radical (unpaired) electrons. The Balaban J connectivity index is 0.000000207.